The smallest absolute Gasteiger partial charge is 0.408 e. The molecule has 0 aliphatic rings. The lowest BCUT2D eigenvalue weighted by Gasteiger charge is -2.23. The minimum absolute atomic E-state index is 0.0113. The largest absolute Gasteiger partial charge is 0.469 e. The predicted octanol–water partition coefficient (Wildman–Crippen LogP) is 3.47. The molecule has 0 aliphatic carbocycles. The summed E-state index contributed by atoms with van der Waals surface area (Å²) >= 11 is 5.84. The molecule has 1 unspecified atom stereocenters. The van der Waals surface area contributed by atoms with Gasteiger partial charge in [-0.2, -0.15) is 0 Å². The van der Waals surface area contributed by atoms with E-state index in [0.29, 0.717) is 5.02 Å². The molecule has 1 aromatic carbocycles. The molecule has 0 aliphatic heterocycles. The second-order valence-corrected chi connectivity index (χ2v) is 5.97. The van der Waals surface area contributed by atoms with Gasteiger partial charge in [0.25, 0.3) is 0 Å². The summed E-state index contributed by atoms with van der Waals surface area (Å²) in [6.45, 7) is 5.30. The maximum absolute atomic E-state index is 11.9. The highest BCUT2D eigenvalue weighted by atomic mass is 35.5. The highest BCUT2D eigenvalue weighted by Crippen LogP contribution is 2.20. The van der Waals surface area contributed by atoms with Crippen molar-refractivity contribution in [1.82, 2.24) is 5.32 Å². The van der Waals surface area contributed by atoms with Gasteiger partial charge in [0.2, 0.25) is 0 Å². The van der Waals surface area contributed by atoms with Crippen molar-refractivity contribution < 1.29 is 19.1 Å². The quantitative estimate of drug-likeness (QED) is 0.864. The lowest BCUT2D eigenvalue weighted by molar-refractivity contribution is -0.141. The van der Waals surface area contributed by atoms with Crippen molar-refractivity contribution in [3.8, 4) is 0 Å². The number of rotatable bonds is 4. The third kappa shape index (κ3) is 6.49. The molecule has 0 aromatic heterocycles. The van der Waals surface area contributed by atoms with Gasteiger partial charge in [0, 0.05) is 5.02 Å². The van der Waals surface area contributed by atoms with Gasteiger partial charge >= 0.3 is 12.1 Å². The summed E-state index contributed by atoms with van der Waals surface area (Å²) in [5.74, 6) is -0.425. The van der Waals surface area contributed by atoms with Crippen LogP contribution in [0.1, 0.15) is 38.8 Å². The average molecular weight is 314 g/mol. The lowest BCUT2D eigenvalue weighted by atomic mass is 10.0. The van der Waals surface area contributed by atoms with E-state index in [1.54, 1.807) is 45.0 Å². The first-order chi connectivity index (χ1) is 9.71. The Bertz CT molecular complexity index is 493. The van der Waals surface area contributed by atoms with Crippen LogP contribution in [-0.4, -0.2) is 24.8 Å². The molecule has 0 saturated carbocycles. The van der Waals surface area contributed by atoms with E-state index in [2.05, 4.69) is 10.1 Å². The Hall–Kier alpha value is -1.75. The summed E-state index contributed by atoms with van der Waals surface area (Å²) in [7, 11) is 1.30. The Kier molecular flexibility index (Phi) is 6.03. The number of esters is 1. The number of hydrogen-bond donors (Lipinski definition) is 1. The van der Waals surface area contributed by atoms with Crippen molar-refractivity contribution >= 4 is 23.7 Å². The fourth-order valence-electron chi connectivity index (χ4n) is 1.65. The number of methoxy groups -OCH3 is 1. The molecule has 0 fully saturated rings. The van der Waals surface area contributed by atoms with Crippen molar-refractivity contribution in [2.24, 2.45) is 0 Å². The molecular formula is C15H20ClNO4. The maximum atomic E-state index is 11.9. The molecule has 1 N–H and O–H groups in total. The number of alkyl carbamates (subject to hydrolysis) is 1. The van der Waals surface area contributed by atoms with Crippen LogP contribution < -0.4 is 5.32 Å². The number of nitrogens with one attached hydrogen (secondary N) is 1. The zero-order valence-corrected chi connectivity index (χ0v) is 13.4. The number of carbonyl (C=O) groups is 2. The van der Waals surface area contributed by atoms with Gasteiger partial charge in [-0.3, -0.25) is 4.79 Å². The number of amides is 1. The minimum atomic E-state index is -0.611. The first-order valence-electron chi connectivity index (χ1n) is 6.53. The van der Waals surface area contributed by atoms with Crippen molar-refractivity contribution in [2.45, 2.75) is 38.8 Å². The third-order valence-corrected chi connectivity index (χ3v) is 2.81. The van der Waals surface area contributed by atoms with Crippen LogP contribution in [0.2, 0.25) is 5.02 Å². The molecule has 0 radical (unpaired) electrons. The Morgan fingerprint density at radius 3 is 2.29 bits per heavy atom. The van der Waals surface area contributed by atoms with Crippen LogP contribution in [0.3, 0.4) is 0 Å². The summed E-state index contributed by atoms with van der Waals surface area (Å²) < 4.78 is 9.85. The van der Waals surface area contributed by atoms with Crippen molar-refractivity contribution in [3.63, 3.8) is 0 Å². The number of benzene rings is 1. The standard InChI is InChI=1S/C15H20ClNO4/c1-15(2,3)21-14(19)17-12(9-13(18)20-4)10-5-7-11(16)8-6-10/h5-8,12H,9H2,1-4H3,(H,17,19). The second kappa shape index (κ2) is 7.31. The van der Waals surface area contributed by atoms with E-state index >= 15 is 0 Å². The molecule has 1 rings (SSSR count). The molecule has 0 spiro atoms. The molecule has 1 aromatic rings. The highest BCUT2D eigenvalue weighted by Gasteiger charge is 2.22. The lowest BCUT2D eigenvalue weighted by Crippen LogP contribution is -2.35. The fourth-order valence-corrected chi connectivity index (χ4v) is 1.77. The van der Waals surface area contributed by atoms with E-state index in [-0.39, 0.29) is 6.42 Å². The molecular weight excluding hydrogens is 294 g/mol. The van der Waals surface area contributed by atoms with Crippen LogP contribution in [0, 0.1) is 0 Å². The molecule has 6 heteroatoms. The number of ether oxygens (including phenoxy) is 2. The summed E-state index contributed by atoms with van der Waals surface area (Å²) in [5.41, 5.74) is 0.135. The van der Waals surface area contributed by atoms with E-state index in [9.17, 15) is 9.59 Å². The van der Waals surface area contributed by atoms with Gasteiger partial charge in [-0.25, -0.2) is 4.79 Å². The summed E-state index contributed by atoms with van der Waals surface area (Å²) in [6, 6.07) is 6.33. The fraction of sp³-hybridized carbons (Fsp3) is 0.467. The van der Waals surface area contributed by atoms with Crippen molar-refractivity contribution in [3.05, 3.63) is 34.9 Å². The SMILES string of the molecule is COC(=O)CC(NC(=O)OC(C)(C)C)c1ccc(Cl)cc1. The molecule has 1 atom stereocenters. The molecule has 0 heterocycles. The van der Waals surface area contributed by atoms with E-state index in [1.165, 1.54) is 7.11 Å². The van der Waals surface area contributed by atoms with Crippen LogP contribution >= 0.6 is 11.6 Å². The number of halogens is 1. The van der Waals surface area contributed by atoms with Crippen molar-refractivity contribution in [1.29, 1.82) is 0 Å². The van der Waals surface area contributed by atoms with Gasteiger partial charge in [-0.15, -0.1) is 0 Å². The normalized spacial score (nSPS) is 12.4. The van der Waals surface area contributed by atoms with Crippen LogP contribution in [0.4, 0.5) is 4.79 Å². The minimum Gasteiger partial charge on any atom is -0.469 e. The predicted molar refractivity (Wildman–Crippen MR) is 80.2 cm³/mol. The van der Waals surface area contributed by atoms with Gasteiger partial charge in [0.1, 0.15) is 5.60 Å². The Morgan fingerprint density at radius 2 is 1.81 bits per heavy atom. The first-order valence-corrected chi connectivity index (χ1v) is 6.91. The summed E-state index contributed by atoms with van der Waals surface area (Å²) in [4.78, 5) is 23.4. The van der Waals surface area contributed by atoms with Crippen LogP contribution in [0.15, 0.2) is 24.3 Å². The van der Waals surface area contributed by atoms with E-state index in [1.807, 2.05) is 0 Å². The van der Waals surface area contributed by atoms with Crippen LogP contribution in [-0.2, 0) is 14.3 Å². The molecule has 5 nitrogen and oxygen atoms in total. The van der Waals surface area contributed by atoms with E-state index < -0.39 is 23.7 Å². The zero-order chi connectivity index (χ0) is 16.0. The first kappa shape index (κ1) is 17.3. The van der Waals surface area contributed by atoms with Crippen LogP contribution in [0.5, 0.6) is 0 Å². The molecule has 21 heavy (non-hydrogen) atoms. The molecule has 0 bridgehead atoms. The van der Waals surface area contributed by atoms with Crippen molar-refractivity contribution in [2.75, 3.05) is 7.11 Å². The monoisotopic (exact) mass is 313 g/mol. The average Bonchev–Trinajstić information content (AvgIpc) is 2.36. The second-order valence-electron chi connectivity index (χ2n) is 5.53. The maximum Gasteiger partial charge on any atom is 0.408 e. The highest BCUT2D eigenvalue weighted by molar-refractivity contribution is 6.30. The molecule has 1 amide bonds. The summed E-state index contributed by atoms with van der Waals surface area (Å²) in [5, 5.41) is 3.25. The van der Waals surface area contributed by atoms with Gasteiger partial charge < -0.3 is 14.8 Å². The molecule has 0 saturated heterocycles. The zero-order valence-electron chi connectivity index (χ0n) is 12.6. The third-order valence-electron chi connectivity index (χ3n) is 2.56. The summed E-state index contributed by atoms with van der Waals surface area (Å²) in [6.07, 6.45) is -0.580. The molecule has 116 valence electrons. The van der Waals surface area contributed by atoms with E-state index in [4.69, 9.17) is 16.3 Å². The van der Waals surface area contributed by atoms with Gasteiger partial charge in [0.15, 0.2) is 0 Å². The topological polar surface area (TPSA) is 64.6 Å². The van der Waals surface area contributed by atoms with Crippen LogP contribution in [0.25, 0.3) is 0 Å². The Morgan fingerprint density at radius 1 is 1.24 bits per heavy atom. The Labute approximate surface area is 129 Å². The Balaban J connectivity index is 2.84. The van der Waals surface area contributed by atoms with Gasteiger partial charge in [-0.1, -0.05) is 23.7 Å². The van der Waals surface area contributed by atoms with E-state index in [0.717, 1.165) is 5.56 Å². The number of carbonyl (C=O) groups excluding carboxylic acids is 2. The van der Waals surface area contributed by atoms with Gasteiger partial charge in [-0.05, 0) is 38.5 Å². The number of hydrogen-bond acceptors (Lipinski definition) is 4. The van der Waals surface area contributed by atoms with Gasteiger partial charge in [0.05, 0.1) is 19.6 Å².